The zero-order valence-electron chi connectivity index (χ0n) is 19.9. The highest BCUT2D eigenvalue weighted by Gasteiger charge is 2.41. The van der Waals surface area contributed by atoms with Crippen LogP contribution in [0.4, 0.5) is 28.8 Å². The maximum absolute atomic E-state index is 13.7. The average molecular weight is 483 g/mol. The number of amides is 1. The van der Waals surface area contributed by atoms with Gasteiger partial charge in [0.1, 0.15) is 11.7 Å². The number of anilines is 5. The van der Waals surface area contributed by atoms with Gasteiger partial charge in [0.25, 0.3) is 5.91 Å². The van der Waals surface area contributed by atoms with Crippen LogP contribution in [0.3, 0.4) is 0 Å². The van der Waals surface area contributed by atoms with Gasteiger partial charge in [-0.05, 0) is 62.2 Å². The van der Waals surface area contributed by atoms with Gasteiger partial charge in [0, 0.05) is 11.7 Å². The lowest BCUT2D eigenvalue weighted by Crippen LogP contribution is -2.55. The number of fused-ring (bicyclic) bond motifs is 1. The molecule has 0 radical (unpaired) electrons. The number of carboxylic acids is 1. The Morgan fingerprint density at radius 3 is 2.58 bits per heavy atom. The largest absolute Gasteiger partial charge is 0.478 e. The number of nitrogens with zero attached hydrogens (tertiary/aromatic N) is 5. The van der Waals surface area contributed by atoms with Gasteiger partial charge in [0.05, 0.1) is 29.1 Å². The smallest absolute Gasteiger partial charge is 0.335 e. The zero-order valence-corrected chi connectivity index (χ0v) is 19.9. The first-order chi connectivity index (χ1) is 17.5. The van der Waals surface area contributed by atoms with Gasteiger partial charge in [0.15, 0.2) is 5.82 Å². The summed E-state index contributed by atoms with van der Waals surface area (Å²) in [6.07, 6.45) is 7.02. The van der Waals surface area contributed by atoms with Crippen molar-refractivity contribution < 1.29 is 14.7 Å². The number of nitrogens with one attached hydrogen (secondary N) is 1. The lowest BCUT2D eigenvalue weighted by atomic mass is 9.92. The molecule has 0 unspecified atom stereocenters. The van der Waals surface area contributed by atoms with Crippen molar-refractivity contribution in [3.63, 3.8) is 0 Å². The average Bonchev–Trinajstić information content (AvgIpc) is 2.90. The molecule has 1 saturated carbocycles. The topological polar surface area (TPSA) is 122 Å². The molecule has 2 aromatic carbocycles. The van der Waals surface area contributed by atoms with Crippen molar-refractivity contribution in [3.8, 4) is 6.07 Å². The van der Waals surface area contributed by atoms with Crippen molar-refractivity contribution in [3.05, 3.63) is 65.9 Å². The minimum absolute atomic E-state index is 0.0864. The number of carbonyl (C=O) groups excluding carboxylic acids is 1. The summed E-state index contributed by atoms with van der Waals surface area (Å²) in [7, 11) is 0. The molecule has 1 aliphatic heterocycles. The number of benzene rings is 2. The summed E-state index contributed by atoms with van der Waals surface area (Å²) in [6, 6.07) is 15.2. The van der Waals surface area contributed by atoms with Gasteiger partial charge in [-0.1, -0.05) is 25.3 Å². The zero-order chi connectivity index (χ0) is 25.2. The van der Waals surface area contributed by atoms with Crippen LogP contribution in [0, 0.1) is 11.3 Å². The highest BCUT2D eigenvalue weighted by Crippen LogP contribution is 2.42. The Morgan fingerprint density at radius 1 is 1.14 bits per heavy atom. The number of rotatable bonds is 5. The Kier molecular flexibility index (Phi) is 6.25. The Balaban J connectivity index is 1.57. The lowest BCUT2D eigenvalue weighted by Gasteiger charge is -2.45. The van der Waals surface area contributed by atoms with Crippen LogP contribution in [0.2, 0.25) is 0 Å². The highest BCUT2D eigenvalue weighted by atomic mass is 16.4. The molecule has 0 saturated heterocycles. The number of hydrogen-bond donors (Lipinski definition) is 2. The first-order valence-corrected chi connectivity index (χ1v) is 12.1. The van der Waals surface area contributed by atoms with Crippen molar-refractivity contribution >= 4 is 40.7 Å². The van der Waals surface area contributed by atoms with Crippen molar-refractivity contribution in [2.45, 2.75) is 51.1 Å². The predicted octanol–water partition coefficient (Wildman–Crippen LogP) is 5.00. The monoisotopic (exact) mass is 482 g/mol. The fourth-order valence-electron chi connectivity index (χ4n) is 5.04. The van der Waals surface area contributed by atoms with E-state index in [9.17, 15) is 14.9 Å². The van der Waals surface area contributed by atoms with Crippen LogP contribution in [-0.2, 0) is 4.79 Å². The van der Waals surface area contributed by atoms with Crippen molar-refractivity contribution in [1.82, 2.24) is 9.97 Å². The van der Waals surface area contributed by atoms with Crippen molar-refractivity contribution in [2.24, 2.45) is 0 Å². The first-order valence-electron chi connectivity index (χ1n) is 12.1. The normalized spacial score (nSPS) is 17.9. The molecule has 2 N–H and O–H groups in total. The minimum Gasteiger partial charge on any atom is -0.478 e. The quantitative estimate of drug-likeness (QED) is 0.521. The molecule has 2 heterocycles. The number of carbonyl (C=O) groups is 2. The molecule has 2 aliphatic rings. The SMILES string of the molecule is C[C@@H]1C(=O)N(c2cccc(C#N)c2)c2cnc(Nc3ccc(C(=O)O)cc3)nc2N1C1CCCCC1. The Labute approximate surface area is 209 Å². The highest BCUT2D eigenvalue weighted by molar-refractivity contribution is 6.10. The Morgan fingerprint density at radius 2 is 1.89 bits per heavy atom. The number of carboxylic acid groups (broad SMARTS) is 1. The summed E-state index contributed by atoms with van der Waals surface area (Å²) in [6.45, 7) is 1.90. The maximum atomic E-state index is 13.7. The molecule has 0 spiro atoms. The number of aromatic nitrogens is 2. The molecule has 1 aromatic heterocycles. The molecule has 1 fully saturated rings. The predicted molar refractivity (Wildman–Crippen MR) is 136 cm³/mol. The molecule has 0 bridgehead atoms. The molecule has 1 aliphatic carbocycles. The summed E-state index contributed by atoms with van der Waals surface area (Å²) < 4.78 is 0. The van der Waals surface area contributed by atoms with E-state index in [4.69, 9.17) is 10.1 Å². The second-order valence-electron chi connectivity index (χ2n) is 9.12. The number of nitriles is 1. The van der Waals surface area contributed by atoms with Crippen LogP contribution in [0.25, 0.3) is 0 Å². The first kappa shape index (κ1) is 23.3. The summed E-state index contributed by atoms with van der Waals surface area (Å²) >= 11 is 0. The molecular formula is C27H26N6O3. The van der Waals surface area contributed by atoms with Crippen LogP contribution in [0.15, 0.2) is 54.7 Å². The number of hydrogen-bond acceptors (Lipinski definition) is 7. The van der Waals surface area contributed by atoms with E-state index in [1.165, 1.54) is 18.6 Å². The molecule has 5 rings (SSSR count). The summed E-state index contributed by atoms with van der Waals surface area (Å²) in [5.41, 5.74) is 2.49. The second kappa shape index (κ2) is 9.66. The standard InChI is InChI=1S/C27H26N6O3/c1-17-25(34)33(22-9-5-6-18(14-22)15-28)23-16-29-27(30-20-12-10-19(11-13-20)26(35)36)31-24(23)32(17)21-7-3-2-4-8-21/h5-6,9-14,16-17,21H,2-4,7-8H2,1H3,(H,35,36)(H,29,30,31)/t17-/m1/s1. The molecule has 9 nitrogen and oxygen atoms in total. The maximum Gasteiger partial charge on any atom is 0.335 e. The fraction of sp³-hybridized carbons (Fsp3) is 0.296. The van der Waals surface area contributed by atoms with E-state index in [-0.39, 0.29) is 17.5 Å². The van der Waals surface area contributed by atoms with Gasteiger partial charge in [-0.2, -0.15) is 10.2 Å². The molecule has 182 valence electrons. The van der Waals surface area contributed by atoms with Crippen LogP contribution >= 0.6 is 0 Å². The van der Waals surface area contributed by atoms with Gasteiger partial charge >= 0.3 is 5.97 Å². The van der Waals surface area contributed by atoms with E-state index < -0.39 is 12.0 Å². The van der Waals surface area contributed by atoms with E-state index >= 15 is 0 Å². The minimum atomic E-state index is -0.992. The van der Waals surface area contributed by atoms with E-state index in [2.05, 4.69) is 21.3 Å². The molecule has 1 atom stereocenters. The Bertz CT molecular complexity index is 1340. The molecule has 36 heavy (non-hydrogen) atoms. The van der Waals surface area contributed by atoms with E-state index in [1.807, 2.05) is 13.0 Å². The van der Waals surface area contributed by atoms with Gasteiger partial charge in [-0.3, -0.25) is 9.69 Å². The van der Waals surface area contributed by atoms with Crippen molar-refractivity contribution in [2.75, 3.05) is 15.1 Å². The third-order valence-electron chi connectivity index (χ3n) is 6.82. The van der Waals surface area contributed by atoms with E-state index in [1.54, 1.807) is 41.4 Å². The third-order valence-corrected chi connectivity index (χ3v) is 6.82. The summed E-state index contributed by atoms with van der Waals surface area (Å²) in [4.78, 5) is 37.9. The molecule has 3 aromatic rings. The van der Waals surface area contributed by atoms with Gasteiger partial charge in [0.2, 0.25) is 5.95 Å². The van der Waals surface area contributed by atoms with Gasteiger partial charge in [-0.25, -0.2) is 9.78 Å². The summed E-state index contributed by atoms with van der Waals surface area (Å²) in [5.74, 6) is -0.0634. The lowest BCUT2D eigenvalue weighted by molar-refractivity contribution is -0.119. The van der Waals surface area contributed by atoms with Gasteiger partial charge in [-0.15, -0.1) is 0 Å². The Hall–Kier alpha value is -4.45. The van der Waals surface area contributed by atoms with Gasteiger partial charge < -0.3 is 15.3 Å². The van der Waals surface area contributed by atoms with Crippen LogP contribution in [0.5, 0.6) is 0 Å². The van der Waals surface area contributed by atoms with Crippen LogP contribution in [-0.4, -0.2) is 39.0 Å². The fourth-order valence-corrected chi connectivity index (χ4v) is 5.04. The molecule has 9 heteroatoms. The van der Waals surface area contributed by atoms with Crippen LogP contribution in [0.1, 0.15) is 54.9 Å². The second-order valence-corrected chi connectivity index (χ2v) is 9.12. The number of aromatic carboxylic acids is 1. The molecule has 1 amide bonds. The van der Waals surface area contributed by atoms with E-state index in [0.717, 1.165) is 25.7 Å². The molecular weight excluding hydrogens is 456 g/mol. The van der Waals surface area contributed by atoms with Crippen molar-refractivity contribution in [1.29, 1.82) is 5.26 Å². The van der Waals surface area contributed by atoms with E-state index in [0.29, 0.717) is 34.4 Å². The third kappa shape index (κ3) is 4.33. The van der Waals surface area contributed by atoms with Crippen LogP contribution < -0.4 is 15.1 Å². The summed E-state index contributed by atoms with van der Waals surface area (Å²) in [5, 5.41) is 21.7.